The Balaban J connectivity index is 2.05. The highest BCUT2D eigenvalue weighted by Gasteiger charge is 2.43. The second kappa shape index (κ2) is 5.61. The van der Waals surface area contributed by atoms with Gasteiger partial charge in [0.05, 0.1) is 5.54 Å². The smallest absolute Gasteiger partial charge is 0.242 e. The average molecular weight is 256 g/mol. The van der Waals surface area contributed by atoms with Crippen molar-refractivity contribution < 1.29 is 4.79 Å². The summed E-state index contributed by atoms with van der Waals surface area (Å²) in [5.41, 5.74) is -0.226. The largest absolute Gasteiger partial charge is 0.339 e. The fourth-order valence-corrected chi connectivity index (χ4v) is 4.05. The summed E-state index contributed by atoms with van der Waals surface area (Å²) in [4.78, 5) is 14.8. The van der Waals surface area contributed by atoms with Crippen LogP contribution in [-0.2, 0) is 4.79 Å². The van der Waals surface area contributed by atoms with Gasteiger partial charge < -0.3 is 10.2 Å². The molecule has 0 aromatic rings. The van der Waals surface area contributed by atoms with Crippen molar-refractivity contribution in [3.8, 4) is 0 Å². The predicted molar refractivity (Wildman–Crippen MR) is 73.4 cm³/mol. The van der Waals surface area contributed by atoms with Crippen LogP contribution in [-0.4, -0.2) is 47.0 Å². The molecule has 4 heteroatoms. The summed E-state index contributed by atoms with van der Waals surface area (Å²) < 4.78 is 0. The van der Waals surface area contributed by atoms with Gasteiger partial charge in [0.2, 0.25) is 5.91 Å². The Morgan fingerprint density at radius 3 is 3.00 bits per heavy atom. The summed E-state index contributed by atoms with van der Waals surface area (Å²) in [7, 11) is 0. The molecule has 17 heavy (non-hydrogen) atoms. The molecule has 2 aliphatic heterocycles. The molecule has 0 aliphatic carbocycles. The number of carbonyl (C=O) groups is 1. The first-order valence-electron chi connectivity index (χ1n) is 6.84. The van der Waals surface area contributed by atoms with Gasteiger partial charge in [-0.25, -0.2) is 0 Å². The molecule has 0 radical (unpaired) electrons. The van der Waals surface area contributed by atoms with Gasteiger partial charge in [0, 0.05) is 24.1 Å². The molecule has 1 N–H and O–H groups in total. The molecule has 2 aliphatic rings. The Morgan fingerprint density at radius 1 is 1.59 bits per heavy atom. The van der Waals surface area contributed by atoms with E-state index in [2.05, 4.69) is 24.1 Å². The first-order chi connectivity index (χ1) is 8.18. The lowest BCUT2D eigenvalue weighted by Gasteiger charge is -2.38. The van der Waals surface area contributed by atoms with Crippen molar-refractivity contribution in [1.82, 2.24) is 10.2 Å². The van der Waals surface area contributed by atoms with Gasteiger partial charge in [-0.3, -0.25) is 4.79 Å². The van der Waals surface area contributed by atoms with E-state index in [4.69, 9.17) is 0 Å². The molecule has 1 amide bonds. The Hall–Kier alpha value is -0.220. The van der Waals surface area contributed by atoms with E-state index in [-0.39, 0.29) is 5.54 Å². The minimum atomic E-state index is -0.226. The number of rotatable bonds is 3. The lowest BCUT2D eigenvalue weighted by atomic mass is 9.90. The first kappa shape index (κ1) is 13.2. The molecule has 0 aromatic heterocycles. The maximum Gasteiger partial charge on any atom is 0.242 e. The van der Waals surface area contributed by atoms with Gasteiger partial charge in [-0.2, -0.15) is 11.8 Å². The second-order valence-corrected chi connectivity index (χ2v) is 6.84. The van der Waals surface area contributed by atoms with Crippen LogP contribution in [0.15, 0.2) is 0 Å². The van der Waals surface area contributed by atoms with E-state index in [0.29, 0.717) is 11.2 Å². The highest BCUT2D eigenvalue weighted by molar-refractivity contribution is 7.99. The van der Waals surface area contributed by atoms with Crippen molar-refractivity contribution in [3.63, 3.8) is 0 Å². The molecule has 2 heterocycles. The normalized spacial score (nSPS) is 34.0. The fraction of sp³-hybridized carbons (Fsp3) is 0.923. The van der Waals surface area contributed by atoms with Crippen LogP contribution in [0, 0.1) is 0 Å². The third kappa shape index (κ3) is 2.79. The van der Waals surface area contributed by atoms with Gasteiger partial charge in [0.1, 0.15) is 0 Å². The molecule has 98 valence electrons. The van der Waals surface area contributed by atoms with Crippen LogP contribution in [0.25, 0.3) is 0 Å². The zero-order valence-electron chi connectivity index (χ0n) is 11.0. The van der Waals surface area contributed by atoms with E-state index in [9.17, 15) is 4.79 Å². The summed E-state index contributed by atoms with van der Waals surface area (Å²) >= 11 is 1.98. The van der Waals surface area contributed by atoms with Crippen molar-refractivity contribution in [2.45, 2.75) is 50.3 Å². The Morgan fingerprint density at radius 2 is 2.41 bits per heavy atom. The molecule has 3 nitrogen and oxygen atoms in total. The van der Waals surface area contributed by atoms with Gasteiger partial charge in [0.25, 0.3) is 0 Å². The topological polar surface area (TPSA) is 32.3 Å². The van der Waals surface area contributed by atoms with E-state index in [1.807, 2.05) is 11.8 Å². The van der Waals surface area contributed by atoms with Crippen molar-refractivity contribution in [2.75, 3.05) is 25.4 Å². The maximum absolute atomic E-state index is 12.7. The molecule has 0 bridgehead atoms. The summed E-state index contributed by atoms with van der Waals surface area (Å²) in [6, 6.07) is 0. The van der Waals surface area contributed by atoms with Crippen LogP contribution in [0.4, 0.5) is 0 Å². The standard InChI is InChI=1S/C13H24N2OS/c1-3-5-13(6-4-7-14-13)12(16)15-8-9-17-11(2)10-15/h11,14H,3-10H2,1-2H3. The van der Waals surface area contributed by atoms with Crippen molar-refractivity contribution >= 4 is 17.7 Å². The highest BCUT2D eigenvalue weighted by atomic mass is 32.2. The molecular weight excluding hydrogens is 232 g/mol. The van der Waals surface area contributed by atoms with Gasteiger partial charge >= 0.3 is 0 Å². The zero-order valence-corrected chi connectivity index (χ0v) is 11.8. The molecular formula is C13H24N2OS. The van der Waals surface area contributed by atoms with Gasteiger partial charge in [-0.05, 0) is 25.8 Å². The van der Waals surface area contributed by atoms with Crippen LogP contribution >= 0.6 is 11.8 Å². The van der Waals surface area contributed by atoms with E-state index in [0.717, 1.165) is 51.1 Å². The number of hydrogen-bond acceptors (Lipinski definition) is 3. The SMILES string of the molecule is CCCC1(C(=O)N2CCSC(C)C2)CCCN1. The zero-order chi connectivity index (χ0) is 12.3. The molecule has 2 saturated heterocycles. The van der Waals surface area contributed by atoms with E-state index in [1.54, 1.807) is 0 Å². The fourth-order valence-electron chi connectivity index (χ4n) is 3.04. The van der Waals surface area contributed by atoms with Gasteiger partial charge in [0.15, 0.2) is 0 Å². The van der Waals surface area contributed by atoms with Crippen LogP contribution in [0.5, 0.6) is 0 Å². The maximum atomic E-state index is 12.7. The minimum absolute atomic E-state index is 0.226. The minimum Gasteiger partial charge on any atom is -0.339 e. The molecule has 0 saturated carbocycles. The summed E-state index contributed by atoms with van der Waals surface area (Å²) in [6.07, 6.45) is 4.24. The molecule has 2 fully saturated rings. The predicted octanol–water partition coefficient (Wildman–Crippen LogP) is 1.87. The summed E-state index contributed by atoms with van der Waals surface area (Å²) in [5, 5.41) is 4.08. The number of nitrogens with zero attached hydrogens (tertiary/aromatic N) is 1. The first-order valence-corrected chi connectivity index (χ1v) is 7.89. The monoisotopic (exact) mass is 256 g/mol. The number of hydrogen-bond donors (Lipinski definition) is 1. The Bertz CT molecular complexity index is 277. The number of nitrogens with one attached hydrogen (secondary N) is 1. The van der Waals surface area contributed by atoms with Crippen molar-refractivity contribution in [2.24, 2.45) is 0 Å². The van der Waals surface area contributed by atoms with E-state index in [1.165, 1.54) is 0 Å². The third-order valence-electron chi connectivity index (χ3n) is 3.86. The lowest BCUT2D eigenvalue weighted by Crippen LogP contribution is -2.57. The quantitative estimate of drug-likeness (QED) is 0.837. The number of carbonyl (C=O) groups excluding carboxylic acids is 1. The van der Waals surface area contributed by atoms with Crippen molar-refractivity contribution in [1.29, 1.82) is 0 Å². The summed E-state index contributed by atoms with van der Waals surface area (Å²) in [5.74, 6) is 1.46. The third-order valence-corrected chi connectivity index (χ3v) is 4.99. The molecule has 2 unspecified atom stereocenters. The number of thioether (sulfide) groups is 1. The van der Waals surface area contributed by atoms with Crippen LogP contribution in [0.1, 0.15) is 39.5 Å². The molecule has 0 aromatic carbocycles. The van der Waals surface area contributed by atoms with Gasteiger partial charge in [-0.1, -0.05) is 20.3 Å². The molecule has 0 spiro atoms. The number of amides is 1. The van der Waals surface area contributed by atoms with Crippen LogP contribution in [0.3, 0.4) is 0 Å². The van der Waals surface area contributed by atoms with Crippen LogP contribution in [0.2, 0.25) is 0 Å². The van der Waals surface area contributed by atoms with Crippen LogP contribution < -0.4 is 5.32 Å². The second-order valence-electron chi connectivity index (χ2n) is 5.30. The summed E-state index contributed by atoms with van der Waals surface area (Å²) in [6.45, 7) is 7.25. The van der Waals surface area contributed by atoms with Crippen molar-refractivity contribution in [3.05, 3.63) is 0 Å². The average Bonchev–Trinajstić information content (AvgIpc) is 2.78. The Kier molecular flexibility index (Phi) is 4.36. The Labute approximate surface area is 109 Å². The highest BCUT2D eigenvalue weighted by Crippen LogP contribution is 2.29. The van der Waals surface area contributed by atoms with E-state index >= 15 is 0 Å². The van der Waals surface area contributed by atoms with Gasteiger partial charge in [-0.15, -0.1) is 0 Å². The van der Waals surface area contributed by atoms with E-state index < -0.39 is 0 Å². The molecule has 2 rings (SSSR count). The lowest BCUT2D eigenvalue weighted by molar-refractivity contribution is -0.138. The molecule has 2 atom stereocenters.